The van der Waals surface area contributed by atoms with Crippen molar-refractivity contribution < 1.29 is 4.79 Å². The van der Waals surface area contributed by atoms with Gasteiger partial charge in [-0.3, -0.25) is 4.79 Å². The lowest BCUT2D eigenvalue weighted by Crippen LogP contribution is -2.26. The second kappa shape index (κ2) is 5.32. The quantitative estimate of drug-likeness (QED) is 0.644. The molecule has 1 amide bonds. The van der Waals surface area contributed by atoms with Crippen LogP contribution < -0.4 is 11.1 Å². The molecule has 4 heteroatoms. The van der Waals surface area contributed by atoms with Gasteiger partial charge in [0.2, 0.25) is 0 Å². The van der Waals surface area contributed by atoms with Crippen LogP contribution in [0.3, 0.4) is 0 Å². The summed E-state index contributed by atoms with van der Waals surface area (Å²) >= 11 is 0. The Balaban J connectivity index is 1.84. The van der Waals surface area contributed by atoms with E-state index in [9.17, 15) is 4.79 Å². The largest absolute Gasteiger partial charge is 0.399 e. The third-order valence-electron chi connectivity index (χ3n) is 3.60. The summed E-state index contributed by atoms with van der Waals surface area (Å²) in [4.78, 5) is 15.5. The summed E-state index contributed by atoms with van der Waals surface area (Å²) in [7, 11) is 0. The van der Waals surface area contributed by atoms with Crippen molar-refractivity contribution in [2.45, 2.75) is 13.0 Å². The SMILES string of the molecule is C[C@H](NC(=O)c1c[nH]c2cc(N)ccc12)c1ccccc1. The molecule has 0 aliphatic heterocycles. The van der Waals surface area contributed by atoms with Crippen LogP contribution >= 0.6 is 0 Å². The molecule has 0 saturated carbocycles. The van der Waals surface area contributed by atoms with Gasteiger partial charge in [-0.2, -0.15) is 0 Å². The predicted molar refractivity (Wildman–Crippen MR) is 85.0 cm³/mol. The molecule has 21 heavy (non-hydrogen) atoms. The fourth-order valence-electron chi connectivity index (χ4n) is 2.43. The van der Waals surface area contributed by atoms with E-state index in [1.54, 1.807) is 12.3 Å². The number of nitrogens with two attached hydrogens (primary N) is 1. The van der Waals surface area contributed by atoms with Crippen molar-refractivity contribution in [1.82, 2.24) is 10.3 Å². The molecule has 106 valence electrons. The summed E-state index contributed by atoms with van der Waals surface area (Å²) in [6.45, 7) is 1.97. The van der Waals surface area contributed by atoms with Gasteiger partial charge in [0, 0.05) is 22.8 Å². The maximum Gasteiger partial charge on any atom is 0.253 e. The highest BCUT2D eigenvalue weighted by molar-refractivity contribution is 6.07. The van der Waals surface area contributed by atoms with Gasteiger partial charge in [-0.25, -0.2) is 0 Å². The molecular weight excluding hydrogens is 262 g/mol. The predicted octanol–water partition coefficient (Wildman–Crippen LogP) is 3.24. The van der Waals surface area contributed by atoms with Crippen LogP contribution in [0.4, 0.5) is 5.69 Å². The van der Waals surface area contributed by atoms with Crippen molar-refractivity contribution in [2.24, 2.45) is 0 Å². The standard InChI is InChI=1S/C17H17N3O/c1-11(12-5-3-2-4-6-12)20-17(21)15-10-19-16-9-13(18)7-8-14(15)16/h2-11,19H,18H2,1H3,(H,20,21)/t11-/m0/s1. The monoisotopic (exact) mass is 279 g/mol. The zero-order valence-electron chi connectivity index (χ0n) is 11.8. The molecule has 0 aliphatic carbocycles. The lowest BCUT2D eigenvalue weighted by molar-refractivity contribution is 0.0941. The molecule has 2 aromatic carbocycles. The molecule has 0 saturated heterocycles. The van der Waals surface area contributed by atoms with Crippen molar-refractivity contribution in [1.29, 1.82) is 0 Å². The minimum Gasteiger partial charge on any atom is -0.399 e. The van der Waals surface area contributed by atoms with E-state index in [2.05, 4.69) is 10.3 Å². The Morgan fingerprint density at radius 2 is 1.95 bits per heavy atom. The van der Waals surface area contributed by atoms with Crippen molar-refractivity contribution in [2.75, 3.05) is 5.73 Å². The van der Waals surface area contributed by atoms with Gasteiger partial charge in [-0.05, 0) is 30.7 Å². The fourth-order valence-corrected chi connectivity index (χ4v) is 2.43. The lowest BCUT2D eigenvalue weighted by Gasteiger charge is -2.13. The second-order valence-electron chi connectivity index (χ2n) is 5.11. The zero-order chi connectivity index (χ0) is 14.8. The first-order valence-electron chi connectivity index (χ1n) is 6.87. The minimum absolute atomic E-state index is 0.0440. The number of carbonyl (C=O) groups excluding carboxylic acids is 1. The molecule has 3 rings (SSSR count). The fraction of sp³-hybridized carbons (Fsp3) is 0.118. The van der Waals surface area contributed by atoms with Gasteiger partial charge in [0.15, 0.2) is 0 Å². The number of fused-ring (bicyclic) bond motifs is 1. The van der Waals surface area contributed by atoms with Gasteiger partial charge in [0.25, 0.3) is 5.91 Å². The summed E-state index contributed by atoms with van der Waals surface area (Å²) in [5.74, 6) is -0.0950. The average Bonchev–Trinajstić information content (AvgIpc) is 2.91. The third kappa shape index (κ3) is 2.60. The molecule has 1 atom stereocenters. The number of H-pyrrole nitrogens is 1. The number of amides is 1. The van der Waals surface area contributed by atoms with E-state index in [1.807, 2.05) is 49.4 Å². The van der Waals surface area contributed by atoms with Crippen molar-refractivity contribution >= 4 is 22.5 Å². The Morgan fingerprint density at radius 1 is 1.19 bits per heavy atom. The molecule has 0 spiro atoms. The van der Waals surface area contributed by atoms with Crippen molar-refractivity contribution in [3.8, 4) is 0 Å². The topological polar surface area (TPSA) is 70.9 Å². The van der Waals surface area contributed by atoms with Gasteiger partial charge >= 0.3 is 0 Å². The third-order valence-corrected chi connectivity index (χ3v) is 3.60. The first-order valence-corrected chi connectivity index (χ1v) is 6.87. The van der Waals surface area contributed by atoms with E-state index in [0.717, 1.165) is 16.5 Å². The molecule has 0 radical (unpaired) electrons. The lowest BCUT2D eigenvalue weighted by atomic mass is 10.1. The Kier molecular flexibility index (Phi) is 3.36. The highest BCUT2D eigenvalue weighted by atomic mass is 16.1. The van der Waals surface area contributed by atoms with E-state index < -0.39 is 0 Å². The first-order chi connectivity index (χ1) is 10.1. The Bertz CT molecular complexity index is 777. The van der Waals surface area contributed by atoms with Gasteiger partial charge in [-0.1, -0.05) is 30.3 Å². The van der Waals surface area contributed by atoms with Crippen molar-refractivity contribution in [3.63, 3.8) is 0 Å². The summed E-state index contributed by atoms with van der Waals surface area (Å²) in [6, 6.07) is 15.3. The molecule has 1 aromatic heterocycles. The molecule has 0 aliphatic rings. The van der Waals surface area contributed by atoms with Gasteiger partial charge in [0.1, 0.15) is 0 Å². The Hall–Kier alpha value is -2.75. The van der Waals surface area contributed by atoms with E-state index in [4.69, 9.17) is 5.73 Å². The van der Waals surface area contributed by atoms with Crippen molar-refractivity contribution in [3.05, 3.63) is 65.9 Å². The molecular formula is C17H17N3O. The first kappa shape index (κ1) is 13.2. The van der Waals surface area contributed by atoms with E-state index in [0.29, 0.717) is 11.3 Å². The van der Waals surface area contributed by atoms with Crippen LogP contribution in [-0.4, -0.2) is 10.9 Å². The number of rotatable bonds is 3. The van der Waals surface area contributed by atoms with E-state index in [1.165, 1.54) is 0 Å². The van der Waals surface area contributed by atoms with Gasteiger partial charge in [0.05, 0.1) is 11.6 Å². The highest BCUT2D eigenvalue weighted by Crippen LogP contribution is 2.21. The average molecular weight is 279 g/mol. The summed E-state index contributed by atoms with van der Waals surface area (Å²) in [5, 5.41) is 3.89. The number of carbonyl (C=O) groups is 1. The van der Waals surface area contributed by atoms with Crippen LogP contribution in [0.25, 0.3) is 10.9 Å². The number of hydrogen-bond acceptors (Lipinski definition) is 2. The number of nitrogens with one attached hydrogen (secondary N) is 2. The molecule has 0 bridgehead atoms. The summed E-state index contributed by atoms with van der Waals surface area (Å²) < 4.78 is 0. The minimum atomic E-state index is -0.0950. The molecule has 4 N–H and O–H groups in total. The zero-order valence-corrected chi connectivity index (χ0v) is 11.8. The highest BCUT2D eigenvalue weighted by Gasteiger charge is 2.15. The summed E-state index contributed by atoms with van der Waals surface area (Å²) in [6.07, 6.45) is 1.72. The number of anilines is 1. The van der Waals surface area contributed by atoms with E-state index in [-0.39, 0.29) is 11.9 Å². The normalized spacial score (nSPS) is 12.2. The number of benzene rings is 2. The number of aromatic amines is 1. The van der Waals surface area contributed by atoms with Crippen LogP contribution in [0.2, 0.25) is 0 Å². The van der Waals surface area contributed by atoms with Crippen LogP contribution in [-0.2, 0) is 0 Å². The Labute approximate surface area is 123 Å². The van der Waals surface area contributed by atoms with Crippen LogP contribution in [0.15, 0.2) is 54.7 Å². The van der Waals surface area contributed by atoms with Crippen LogP contribution in [0.5, 0.6) is 0 Å². The van der Waals surface area contributed by atoms with Crippen LogP contribution in [0, 0.1) is 0 Å². The molecule has 0 unspecified atom stereocenters. The number of aromatic nitrogens is 1. The van der Waals surface area contributed by atoms with E-state index >= 15 is 0 Å². The Morgan fingerprint density at radius 3 is 2.71 bits per heavy atom. The summed E-state index contributed by atoms with van der Waals surface area (Å²) in [5.41, 5.74) is 9.00. The smallest absolute Gasteiger partial charge is 0.253 e. The maximum atomic E-state index is 12.4. The molecule has 0 fully saturated rings. The number of hydrogen-bond donors (Lipinski definition) is 3. The molecule has 3 aromatic rings. The maximum absolute atomic E-state index is 12.4. The molecule has 4 nitrogen and oxygen atoms in total. The van der Waals surface area contributed by atoms with Crippen LogP contribution in [0.1, 0.15) is 28.9 Å². The molecule has 1 heterocycles. The second-order valence-corrected chi connectivity index (χ2v) is 5.11. The van der Waals surface area contributed by atoms with Gasteiger partial charge in [-0.15, -0.1) is 0 Å². The van der Waals surface area contributed by atoms with Gasteiger partial charge < -0.3 is 16.0 Å². The number of nitrogen functional groups attached to an aromatic ring is 1.